The highest BCUT2D eigenvalue weighted by atomic mass is 35.5. The number of urea groups is 1. The smallest absolute Gasteiger partial charge is 0.407 e. The number of hydrogen-bond donors (Lipinski definition) is 6. The van der Waals surface area contributed by atoms with Gasteiger partial charge >= 0.3 is 12.1 Å². The SMILES string of the molecule is CSC1=CC(=O)N(CCCCCC(=O)N[C@H](C(=O)C[C@@H](CCCNC(N)=O)C(=O)Nc2ccc(COC(=O)NCCN3CCN(c4cc(Nc5ncc(C(=O)Cc6c(C)cccc6Cl)s5)nc(C)n4)CC3)cc2)C(C)C)C1=O. The summed E-state index contributed by atoms with van der Waals surface area (Å²) >= 11 is 8.85. The number of ether oxygens (including phenoxy) is 1. The molecule has 0 radical (unpaired) electrons. The largest absolute Gasteiger partial charge is 0.445 e. The number of nitrogens with zero attached hydrogens (tertiary/aromatic N) is 6. The Morgan fingerprint density at radius 2 is 1.67 bits per heavy atom. The molecule has 7 N–H and O–H groups in total. The molecule has 2 aliphatic heterocycles. The predicted molar refractivity (Wildman–Crippen MR) is 302 cm³/mol. The molecule has 418 valence electrons. The summed E-state index contributed by atoms with van der Waals surface area (Å²) in [6, 6.07) is 12.7. The molecular formula is C54H69ClN12O9S2. The third-order valence-electron chi connectivity index (χ3n) is 13.2. The van der Waals surface area contributed by atoms with E-state index in [0.29, 0.717) is 94.7 Å². The fourth-order valence-corrected chi connectivity index (χ4v) is 10.4. The lowest BCUT2D eigenvalue weighted by Gasteiger charge is -2.35. The van der Waals surface area contributed by atoms with E-state index in [1.807, 2.05) is 45.9 Å². The molecule has 78 heavy (non-hydrogen) atoms. The van der Waals surface area contributed by atoms with Crippen LogP contribution in [-0.4, -0.2) is 137 Å². The molecule has 0 spiro atoms. The first kappa shape index (κ1) is 60.3. The van der Waals surface area contributed by atoms with Crippen LogP contribution in [0, 0.1) is 25.7 Å². The van der Waals surface area contributed by atoms with Crippen molar-refractivity contribution in [1.29, 1.82) is 0 Å². The van der Waals surface area contributed by atoms with E-state index in [0.717, 1.165) is 30.0 Å². The fraction of sp³-hybridized carbons (Fsp3) is 0.463. The standard InChI is InChI=1S/C54H69ClN12O9S2/c1-33(2)49(64-47(70)14-7-6-8-21-67-48(71)29-43(77-5)51(67)73)42(69)27-37(12-10-19-57-52(56)74)50(72)62-38-17-15-36(16-18-38)32-76-54(75)58-20-22-65-23-25-66(26-24-65)46-30-45(60-35(4)61-46)63-53-59-31-44(78-53)41(68)28-39-34(3)11-9-13-40(39)55/h9,11,13,15-18,29-31,33,37,49H,6-8,10,12,14,19-28,32H2,1-5H3,(H,58,75)(H,62,72)(H,64,70)(H3,56,57,74)(H,59,60,61,63)/t37-,49+/m1/s1. The van der Waals surface area contributed by atoms with E-state index < -0.39 is 30.0 Å². The number of thioether (sulfide) groups is 1. The summed E-state index contributed by atoms with van der Waals surface area (Å²) in [5.41, 5.74) is 8.14. The number of hydrogen-bond acceptors (Lipinski definition) is 17. The molecule has 4 heterocycles. The first-order chi connectivity index (χ1) is 37.4. The molecule has 4 aromatic rings. The summed E-state index contributed by atoms with van der Waals surface area (Å²) in [6.07, 6.45) is 6.47. The van der Waals surface area contributed by atoms with Crippen LogP contribution in [0.2, 0.25) is 5.02 Å². The number of thiazole rings is 1. The van der Waals surface area contributed by atoms with Gasteiger partial charge in [0, 0.05) is 100 Å². The Hall–Kier alpha value is -6.95. The molecule has 21 nitrogen and oxygen atoms in total. The summed E-state index contributed by atoms with van der Waals surface area (Å²) in [6.45, 7) is 11.7. The number of carbonyl (C=O) groups excluding carboxylic acids is 8. The van der Waals surface area contributed by atoms with Crippen molar-refractivity contribution < 1.29 is 43.1 Å². The van der Waals surface area contributed by atoms with Crippen LogP contribution in [0.5, 0.6) is 0 Å². The van der Waals surface area contributed by atoms with E-state index >= 15 is 0 Å². The number of rotatable bonds is 29. The lowest BCUT2D eigenvalue weighted by atomic mass is 9.89. The molecule has 0 aliphatic carbocycles. The molecule has 2 atom stereocenters. The van der Waals surface area contributed by atoms with Crippen LogP contribution in [0.15, 0.2) is 65.7 Å². The molecule has 2 aromatic heterocycles. The zero-order valence-electron chi connectivity index (χ0n) is 44.7. The number of anilines is 4. The van der Waals surface area contributed by atoms with Crippen LogP contribution in [0.3, 0.4) is 0 Å². The minimum absolute atomic E-state index is 0.0111. The maximum Gasteiger partial charge on any atom is 0.407 e. The van der Waals surface area contributed by atoms with Crippen LogP contribution in [-0.2, 0) is 41.7 Å². The number of amides is 7. The van der Waals surface area contributed by atoms with Gasteiger partial charge in [-0.3, -0.25) is 38.6 Å². The number of aryl methyl sites for hydroxylation is 2. The maximum atomic E-state index is 13.7. The third kappa shape index (κ3) is 18.3. The van der Waals surface area contributed by atoms with Gasteiger partial charge in [0.25, 0.3) is 11.8 Å². The van der Waals surface area contributed by atoms with Gasteiger partial charge in [-0.2, -0.15) is 0 Å². The number of alkyl carbamates (subject to hydrolysis) is 1. The number of primary amides is 1. The molecule has 6 rings (SSSR count). The predicted octanol–water partition coefficient (Wildman–Crippen LogP) is 6.70. The summed E-state index contributed by atoms with van der Waals surface area (Å²) < 4.78 is 5.47. The molecule has 1 saturated heterocycles. The minimum atomic E-state index is -0.844. The van der Waals surface area contributed by atoms with Gasteiger partial charge in [0.2, 0.25) is 11.8 Å². The van der Waals surface area contributed by atoms with Gasteiger partial charge in [-0.25, -0.2) is 24.5 Å². The Balaban J connectivity index is 0.894. The van der Waals surface area contributed by atoms with Crippen LogP contribution >= 0.6 is 34.7 Å². The number of unbranched alkanes of at least 4 members (excludes halogenated alkanes) is 2. The third-order valence-corrected chi connectivity index (χ3v) is 15.2. The fourth-order valence-electron chi connectivity index (χ4n) is 8.83. The van der Waals surface area contributed by atoms with Crippen molar-refractivity contribution in [2.45, 2.75) is 91.7 Å². The van der Waals surface area contributed by atoms with Crippen molar-refractivity contribution in [3.8, 4) is 0 Å². The van der Waals surface area contributed by atoms with Gasteiger partial charge in [-0.05, 0) is 86.6 Å². The van der Waals surface area contributed by atoms with Crippen LogP contribution in [0.1, 0.15) is 91.0 Å². The molecule has 7 amide bonds. The Morgan fingerprint density at radius 3 is 2.36 bits per heavy atom. The number of imide groups is 1. The normalized spacial score (nSPS) is 14.4. The maximum absolute atomic E-state index is 13.7. The van der Waals surface area contributed by atoms with Gasteiger partial charge in [0.1, 0.15) is 24.1 Å². The molecule has 0 unspecified atom stereocenters. The zero-order chi connectivity index (χ0) is 56.3. The van der Waals surface area contributed by atoms with Crippen LogP contribution in [0.25, 0.3) is 0 Å². The first-order valence-corrected chi connectivity index (χ1v) is 28.4. The monoisotopic (exact) mass is 1130 g/mol. The second-order valence-corrected chi connectivity index (χ2v) is 21.7. The zero-order valence-corrected chi connectivity index (χ0v) is 47.0. The van der Waals surface area contributed by atoms with Crippen molar-refractivity contribution in [3.05, 3.63) is 98.1 Å². The van der Waals surface area contributed by atoms with Gasteiger partial charge in [0.15, 0.2) is 16.7 Å². The highest BCUT2D eigenvalue weighted by Crippen LogP contribution is 2.28. The Labute approximate surface area is 467 Å². The van der Waals surface area contributed by atoms with Crippen LogP contribution < -0.4 is 37.2 Å². The Kier molecular flexibility index (Phi) is 23.0. The second-order valence-electron chi connectivity index (χ2n) is 19.4. The lowest BCUT2D eigenvalue weighted by Crippen LogP contribution is -2.48. The van der Waals surface area contributed by atoms with E-state index in [1.54, 1.807) is 42.8 Å². The number of aromatic nitrogens is 3. The van der Waals surface area contributed by atoms with Gasteiger partial charge in [0.05, 0.1) is 22.0 Å². The summed E-state index contributed by atoms with van der Waals surface area (Å²) in [7, 11) is 0. The number of nitrogens with one attached hydrogen (secondary N) is 5. The Morgan fingerprint density at radius 1 is 0.910 bits per heavy atom. The number of Topliss-reactive ketones (excluding diaryl/α,β-unsaturated/α-hetero) is 2. The summed E-state index contributed by atoms with van der Waals surface area (Å²) in [5.74, 6) is -0.886. The van der Waals surface area contributed by atoms with Gasteiger partial charge in [-0.1, -0.05) is 67.5 Å². The molecule has 1 fully saturated rings. The highest BCUT2D eigenvalue weighted by Gasteiger charge is 2.31. The number of halogens is 1. The molecule has 24 heteroatoms. The average molecular weight is 1130 g/mol. The number of benzene rings is 2. The second kappa shape index (κ2) is 29.7. The van der Waals surface area contributed by atoms with Crippen molar-refractivity contribution in [1.82, 2.24) is 40.7 Å². The summed E-state index contributed by atoms with van der Waals surface area (Å²) in [5, 5.41) is 15.4. The Bertz CT molecular complexity index is 2800. The van der Waals surface area contributed by atoms with Crippen molar-refractivity contribution in [3.63, 3.8) is 0 Å². The lowest BCUT2D eigenvalue weighted by molar-refractivity contribution is -0.137. The van der Waals surface area contributed by atoms with E-state index in [4.69, 9.17) is 22.1 Å². The van der Waals surface area contributed by atoms with Crippen molar-refractivity contribution in [2.75, 3.05) is 74.1 Å². The quantitative estimate of drug-likeness (QED) is 0.0187. The van der Waals surface area contributed by atoms with Gasteiger partial charge < -0.3 is 42.0 Å². The molecular weight excluding hydrogens is 1060 g/mol. The molecule has 2 aliphatic rings. The number of piperazine rings is 1. The van der Waals surface area contributed by atoms with E-state index in [-0.39, 0.29) is 80.6 Å². The molecule has 2 aromatic carbocycles. The summed E-state index contributed by atoms with van der Waals surface area (Å²) in [4.78, 5) is 122. The topological polar surface area (TPSA) is 280 Å². The van der Waals surface area contributed by atoms with Crippen LogP contribution in [0.4, 0.5) is 32.0 Å². The molecule has 0 bridgehead atoms. The number of nitrogens with two attached hydrogens (primary N) is 1. The number of carbonyl (C=O) groups is 8. The minimum Gasteiger partial charge on any atom is -0.445 e. The van der Waals surface area contributed by atoms with E-state index in [9.17, 15) is 38.4 Å². The first-order valence-electron chi connectivity index (χ1n) is 26.0. The van der Waals surface area contributed by atoms with E-state index in [1.165, 1.54) is 34.1 Å². The number of ketones is 2. The average Bonchev–Trinajstić information content (AvgIpc) is 3.99. The van der Waals surface area contributed by atoms with Crippen molar-refractivity contribution in [2.24, 2.45) is 17.6 Å². The van der Waals surface area contributed by atoms with E-state index in [2.05, 4.69) is 51.3 Å². The highest BCUT2D eigenvalue weighted by molar-refractivity contribution is 8.03. The van der Waals surface area contributed by atoms with Crippen molar-refractivity contribution >= 4 is 104 Å². The molecule has 0 saturated carbocycles. The van der Waals surface area contributed by atoms with Gasteiger partial charge in [-0.15, -0.1) is 11.8 Å².